The number of methoxy groups -OCH3 is 1. The van der Waals surface area contributed by atoms with Crippen LogP contribution in [-0.4, -0.2) is 31.7 Å². The van der Waals surface area contributed by atoms with Gasteiger partial charge in [-0.05, 0) is 45.4 Å². The molecule has 0 spiro atoms. The molecular weight excluding hydrogens is 262 g/mol. The second kappa shape index (κ2) is 5.53. The Labute approximate surface area is 126 Å². The van der Waals surface area contributed by atoms with Gasteiger partial charge in [-0.1, -0.05) is 0 Å². The molecule has 2 rings (SSSR count). The summed E-state index contributed by atoms with van der Waals surface area (Å²) in [5.41, 5.74) is 10.2. The van der Waals surface area contributed by atoms with Gasteiger partial charge in [-0.15, -0.1) is 0 Å². The monoisotopic (exact) mass is 287 g/mol. The Morgan fingerprint density at radius 2 is 1.95 bits per heavy atom. The van der Waals surface area contributed by atoms with E-state index in [1.54, 1.807) is 7.11 Å². The summed E-state index contributed by atoms with van der Waals surface area (Å²) in [7, 11) is 5.79. The summed E-state index contributed by atoms with van der Waals surface area (Å²) in [5, 5.41) is 1.13. The third-order valence-electron chi connectivity index (χ3n) is 3.48. The summed E-state index contributed by atoms with van der Waals surface area (Å²) in [6, 6.07) is 6.10. The molecule has 114 valence electrons. The van der Waals surface area contributed by atoms with Crippen LogP contribution in [-0.2, 0) is 6.42 Å². The maximum absolute atomic E-state index is 6.25. The summed E-state index contributed by atoms with van der Waals surface area (Å²) in [6.45, 7) is 6.08. The first-order chi connectivity index (χ1) is 9.73. The van der Waals surface area contributed by atoms with Gasteiger partial charge in [-0.3, -0.25) is 4.98 Å². The van der Waals surface area contributed by atoms with E-state index in [1.807, 2.05) is 47.0 Å². The molecule has 4 nitrogen and oxygen atoms in total. The van der Waals surface area contributed by atoms with Gasteiger partial charge >= 0.3 is 0 Å². The lowest BCUT2D eigenvalue weighted by molar-refractivity contribution is 0.403. The summed E-state index contributed by atoms with van der Waals surface area (Å²) in [4.78, 5) is 6.78. The predicted octanol–water partition coefficient (Wildman–Crippen LogP) is 2.90. The quantitative estimate of drug-likeness (QED) is 0.939. The Morgan fingerprint density at radius 1 is 1.29 bits per heavy atom. The maximum atomic E-state index is 6.25. The van der Waals surface area contributed by atoms with Gasteiger partial charge < -0.3 is 15.4 Å². The Morgan fingerprint density at radius 3 is 2.48 bits per heavy atom. The lowest BCUT2D eigenvalue weighted by Crippen LogP contribution is -2.34. The highest BCUT2D eigenvalue weighted by atomic mass is 16.5. The van der Waals surface area contributed by atoms with Crippen LogP contribution in [0.3, 0.4) is 0 Å². The topological polar surface area (TPSA) is 51.4 Å². The predicted molar refractivity (Wildman–Crippen MR) is 89.3 cm³/mol. The summed E-state index contributed by atoms with van der Waals surface area (Å²) < 4.78 is 5.56. The third kappa shape index (κ3) is 3.27. The van der Waals surface area contributed by atoms with E-state index in [-0.39, 0.29) is 5.54 Å². The lowest BCUT2D eigenvalue weighted by Gasteiger charge is -2.24. The number of aryl methyl sites for hydroxylation is 1. The number of ether oxygens (including phenoxy) is 1. The molecule has 0 bridgehead atoms. The minimum Gasteiger partial charge on any atom is -0.496 e. The molecule has 4 heteroatoms. The Kier molecular flexibility index (Phi) is 4.10. The number of hydrogen-bond acceptors (Lipinski definition) is 4. The minimum absolute atomic E-state index is 0.309. The van der Waals surface area contributed by atoms with E-state index in [4.69, 9.17) is 10.5 Å². The molecule has 21 heavy (non-hydrogen) atoms. The van der Waals surface area contributed by atoms with Crippen molar-refractivity contribution in [3.8, 4) is 5.75 Å². The number of benzene rings is 1. The maximum Gasteiger partial charge on any atom is 0.122 e. The molecule has 2 N–H and O–H groups in total. The number of nitrogens with two attached hydrogens (primary N) is 1. The Balaban J connectivity index is 2.83. The van der Waals surface area contributed by atoms with E-state index in [1.165, 1.54) is 0 Å². The largest absolute Gasteiger partial charge is 0.496 e. The first-order valence-corrected chi connectivity index (χ1v) is 7.16. The van der Waals surface area contributed by atoms with Crippen LogP contribution in [0.5, 0.6) is 5.75 Å². The van der Waals surface area contributed by atoms with Crippen molar-refractivity contribution in [2.24, 2.45) is 5.73 Å². The average molecular weight is 287 g/mol. The molecule has 0 unspecified atom stereocenters. The number of hydrogen-bond donors (Lipinski definition) is 1. The van der Waals surface area contributed by atoms with Crippen LogP contribution < -0.4 is 15.4 Å². The third-order valence-corrected chi connectivity index (χ3v) is 3.48. The normalized spacial score (nSPS) is 11.8. The molecule has 1 aromatic heterocycles. The zero-order valence-electron chi connectivity index (χ0n) is 13.8. The first kappa shape index (κ1) is 15.6. The second-order valence-electron chi connectivity index (χ2n) is 6.48. The van der Waals surface area contributed by atoms with Crippen LogP contribution in [0, 0.1) is 6.92 Å². The summed E-state index contributed by atoms with van der Waals surface area (Å²) in [6.07, 6.45) is 0.735. The highest BCUT2D eigenvalue weighted by Gasteiger charge is 2.20. The van der Waals surface area contributed by atoms with Crippen molar-refractivity contribution < 1.29 is 4.74 Å². The molecule has 0 fully saturated rings. The molecule has 0 atom stereocenters. The minimum atomic E-state index is -0.309. The van der Waals surface area contributed by atoms with Crippen LogP contribution in [0.1, 0.15) is 25.1 Å². The van der Waals surface area contributed by atoms with Crippen molar-refractivity contribution in [3.05, 3.63) is 29.5 Å². The standard InChI is InChI=1S/C17H25N3O/c1-11-9-14(20(4)5)16-12(10-17(2,3)18)15(21-6)8-7-13(16)19-11/h7-9H,10,18H2,1-6H3. The van der Waals surface area contributed by atoms with Crippen molar-refractivity contribution in [2.45, 2.75) is 32.7 Å². The van der Waals surface area contributed by atoms with Gasteiger partial charge in [0.05, 0.1) is 12.6 Å². The molecule has 0 saturated heterocycles. The van der Waals surface area contributed by atoms with Crippen molar-refractivity contribution in [3.63, 3.8) is 0 Å². The van der Waals surface area contributed by atoms with Gasteiger partial charge in [-0.2, -0.15) is 0 Å². The van der Waals surface area contributed by atoms with Gasteiger partial charge in [0.1, 0.15) is 5.75 Å². The van der Waals surface area contributed by atoms with E-state index in [0.29, 0.717) is 0 Å². The highest BCUT2D eigenvalue weighted by Crippen LogP contribution is 2.35. The lowest BCUT2D eigenvalue weighted by atomic mass is 9.92. The number of aromatic nitrogens is 1. The van der Waals surface area contributed by atoms with Gasteiger partial charge in [0, 0.05) is 42.0 Å². The van der Waals surface area contributed by atoms with Crippen LogP contribution in [0.25, 0.3) is 10.9 Å². The van der Waals surface area contributed by atoms with E-state index < -0.39 is 0 Å². The van der Waals surface area contributed by atoms with Gasteiger partial charge in [0.15, 0.2) is 0 Å². The smallest absolute Gasteiger partial charge is 0.122 e. The summed E-state index contributed by atoms with van der Waals surface area (Å²) in [5.74, 6) is 0.870. The molecule has 0 saturated carbocycles. The molecule has 0 radical (unpaired) electrons. The molecule has 0 aliphatic heterocycles. The molecule has 0 aliphatic rings. The second-order valence-corrected chi connectivity index (χ2v) is 6.48. The van der Waals surface area contributed by atoms with Gasteiger partial charge in [0.2, 0.25) is 0 Å². The van der Waals surface area contributed by atoms with Crippen LogP contribution >= 0.6 is 0 Å². The first-order valence-electron chi connectivity index (χ1n) is 7.16. The van der Waals surface area contributed by atoms with Crippen LogP contribution in [0.2, 0.25) is 0 Å². The number of rotatable bonds is 4. The van der Waals surface area contributed by atoms with Crippen molar-refractivity contribution >= 4 is 16.6 Å². The fourth-order valence-corrected chi connectivity index (χ4v) is 2.66. The molecule has 0 amide bonds. The van der Waals surface area contributed by atoms with E-state index >= 15 is 0 Å². The van der Waals surface area contributed by atoms with Crippen molar-refractivity contribution in [1.29, 1.82) is 0 Å². The van der Waals surface area contributed by atoms with Crippen molar-refractivity contribution in [1.82, 2.24) is 4.98 Å². The zero-order chi connectivity index (χ0) is 15.8. The van der Waals surface area contributed by atoms with E-state index in [9.17, 15) is 0 Å². The number of nitrogens with zero attached hydrogens (tertiary/aromatic N) is 2. The number of anilines is 1. The van der Waals surface area contributed by atoms with Crippen LogP contribution in [0.15, 0.2) is 18.2 Å². The molecule has 1 heterocycles. The molecule has 1 aromatic carbocycles. The Bertz CT molecular complexity index is 657. The molecule has 0 aliphatic carbocycles. The number of pyridine rings is 1. The fourth-order valence-electron chi connectivity index (χ4n) is 2.66. The average Bonchev–Trinajstić information content (AvgIpc) is 2.36. The molecular formula is C17H25N3O. The van der Waals surface area contributed by atoms with E-state index in [2.05, 4.69) is 16.0 Å². The fraction of sp³-hybridized carbons (Fsp3) is 0.471. The SMILES string of the molecule is COc1ccc2nc(C)cc(N(C)C)c2c1CC(C)(C)N. The summed E-state index contributed by atoms with van der Waals surface area (Å²) >= 11 is 0. The van der Waals surface area contributed by atoms with Crippen LogP contribution in [0.4, 0.5) is 5.69 Å². The van der Waals surface area contributed by atoms with E-state index in [0.717, 1.165) is 40.0 Å². The Hall–Kier alpha value is -1.81. The number of fused-ring (bicyclic) bond motifs is 1. The van der Waals surface area contributed by atoms with Gasteiger partial charge in [0.25, 0.3) is 0 Å². The van der Waals surface area contributed by atoms with Gasteiger partial charge in [-0.25, -0.2) is 0 Å². The highest BCUT2D eigenvalue weighted by molar-refractivity contribution is 5.96. The van der Waals surface area contributed by atoms with Crippen molar-refractivity contribution in [2.75, 3.05) is 26.1 Å². The zero-order valence-corrected chi connectivity index (χ0v) is 13.8. The molecule has 2 aromatic rings.